The lowest BCUT2D eigenvalue weighted by Crippen LogP contribution is -2.47. The van der Waals surface area contributed by atoms with Gasteiger partial charge < -0.3 is 10.2 Å². The van der Waals surface area contributed by atoms with E-state index in [0.29, 0.717) is 18.7 Å². The van der Waals surface area contributed by atoms with E-state index in [-0.39, 0.29) is 23.5 Å². The Morgan fingerprint density at radius 2 is 2.04 bits per heavy atom. The normalized spacial score (nSPS) is 18.6. The minimum Gasteiger partial charge on any atom is -0.355 e. The van der Waals surface area contributed by atoms with Crippen molar-refractivity contribution in [3.8, 4) is 0 Å². The van der Waals surface area contributed by atoms with Gasteiger partial charge in [-0.3, -0.25) is 9.59 Å². The number of likely N-dealkylation sites (tertiary alicyclic amines) is 1. The van der Waals surface area contributed by atoms with Crippen molar-refractivity contribution in [3.05, 3.63) is 35.6 Å². The van der Waals surface area contributed by atoms with Crippen molar-refractivity contribution in [2.45, 2.75) is 39.0 Å². The molecule has 1 aliphatic heterocycles. The van der Waals surface area contributed by atoms with E-state index in [1.165, 1.54) is 13.0 Å². The van der Waals surface area contributed by atoms with Gasteiger partial charge in [0.2, 0.25) is 11.8 Å². The van der Waals surface area contributed by atoms with Crippen LogP contribution in [0.4, 0.5) is 4.39 Å². The summed E-state index contributed by atoms with van der Waals surface area (Å²) in [6.45, 7) is 6.91. The Morgan fingerprint density at radius 3 is 2.70 bits per heavy atom. The minimum absolute atomic E-state index is 0.00851. The highest BCUT2D eigenvalue weighted by Crippen LogP contribution is 2.25. The molecule has 1 saturated heterocycles. The summed E-state index contributed by atoms with van der Waals surface area (Å²) in [5.41, 5.74) is 0.102. The molecular formula is C18H25FN2O2. The van der Waals surface area contributed by atoms with Crippen LogP contribution in [-0.2, 0) is 15.0 Å². The van der Waals surface area contributed by atoms with Gasteiger partial charge >= 0.3 is 0 Å². The topological polar surface area (TPSA) is 49.4 Å². The molecule has 23 heavy (non-hydrogen) atoms. The number of nitrogens with zero attached hydrogens (tertiary/aromatic N) is 1. The third kappa shape index (κ3) is 4.30. The van der Waals surface area contributed by atoms with Crippen molar-refractivity contribution in [1.82, 2.24) is 10.2 Å². The zero-order chi connectivity index (χ0) is 17.0. The predicted molar refractivity (Wildman–Crippen MR) is 87.4 cm³/mol. The van der Waals surface area contributed by atoms with Crippen LogP contribution in [0.15, 0.2) is 24.3 Å². The second-order valence-corrected chi connectivity index (χ2v) is 6.89. The highest BCUT2D eigenvalue weighted by Gasteiger charge is 2.29. The van der Waals surface area contributed by atoms with E-state index in [0.717, 1.165) is 19.4 Å². The van der Waals surface area contributed by atoms with E-state index >= 15 is 0 Å². The van der Waals surface area contributed by atoms with Crippen LogP contribution < -0.4 is 5.32 Å². The van der Waals surface area contributed by atoms with Gasteiger partial charge in [0.05, 0.1) is 5.92 Å². The zero-order valence-electron chi connectivity index (χ0n) is 14.1. The molecule has 0 radical (unpaired) electrons. The fraction of sp³-hybridized carbons (Fsp3) is 0.556. The molecule has 2 rings (SSSR count). The number of benzene rings is 1. The number of hydrogen-bond donors (Lipinski definition) is 1. The van der Waals surface area contributed by atoms with Gasteiger partial charge in [-0.25, -0.2) is 4.39 Å². The number of rotatable bonds is 4. The lowest BCUT2D eigenvalue weighted by molar-refractivity contribution is -0.134. The Kier molecular flexibility index (Phi) is 5.39. The Bertz CT molecular complexity index is 586. The van der Waals surface area contributed by atoms with Crippen LogP contribution in [0.2, 0.25) is 0 Å². The summed E-state index contributed by atoms with van der Waals surface area (Å²) < 4.78 is 13.9. The van der Waals surface area contributed by atoms with Crippen LogP contribution in [0.1, 0.15) is 39.2 Å². The number of amides is 2. The molecule has 0 bridgehead atoms. The van der Waals surface area contributed by atoms with Crippen molar-refractivity contribution in [3.63, 3.8) is 0 Å². The van der Waals surface area contributed by atoms with Crippen molar-refractivity contribution in [1.29, 1.82) is 0 Å². The van der Waals surface area contributed by atoms with Gasteiger partial charge in [-0.1, -0.05) is 32.0 Å². The summed E-state index contributed by atoms with van der Waals surface area (Å²) in [5.74, 6) is -0.481. The first-order valence-electron chi connectivity index (χ1n) is 8.09. The molecule has 1 heterocycles. The molecule has 1 N–H and O–H groups in total. The Hall–Kier alpha value is -1.91. The van der Waals surface area contributed by atoms with Gasteiger partial charge in [0, 0.05) is 32.0 Å². The van der Waals surface area contributed by atoms with Gasteiger partial charge in [0.1, 0.15) is 5.82 Å². The first kappa shape index (κ1) is 17.4. The lowest BCUT2D eigenvalue weighted by Gasteiger charge is -2.32. The summed E-state index contributed by atoms with van der Waals surface area (Å²) >= 11 is 0. The maximum absolute atomic E-state index is 13.9. The molecule has 0 aliphatic carbocycles. The Labute approximate surface area is 137 Å². The first-order chi connectivity index (χ1) is 10.8. The molecule has 1 atom stereocenters. The van der Waals surface area contributed by atoms with E-state index in [9.17, 15) is 14.0 Å². The smallest absolute Gasteiger partial charge is 0.224 e. The monoisotopic (exact) mass is 320 g/mol. The molecule has 1 aromatic carbocycles. The van der Waals surface area contributed by atoms with Crippen LogP contribution in [-0.4, -0.2) is 36.3 Å². The molecule has 2 amide bonds. The fourth-order valence-electron chi connectivity index (χ4n) is 3.03. The molecule has 1 fully saturated rings. The molecule has 4 nitrogen and oxygen atoms in total. The standard InChI is InChI=1S/C18H25FN2O2/c1-13(22)21-10-6-7-14(11-21)17(23)20-12-18(2,3)15-8-4-5-9-16(15)19/h4-5,8-9,14H,6-7,10-12H2,1-3H3,(H,20,23)/t14-/m0/s1. The average molecular weight is 320 g/mol. The lowest BCUT2D eigenvalue weighted by atomic mass is 9.84. The van der Waals surface area contributed by atoms with Crippen molar-refractivity contribution in [2.75, 3.05) is 19.6 Å². The summed E-state index contributed by atoms with van der Waals surface area (Å²) in [7, 11) is 0. The van der Waals surface area contributed by atoms with Crippen molar-refractivity contribution < 1.29 is 14.0 Å². The molecule has 126 valence electrons. The third-order valence-corrected chi connectivity index (χ3v) is 4.55. The van der Waals surface area contributed by atoms with Crippen molar-refractivity contribution in [2.24, 2.45) is 5.92 Å². The van der Waals surface area contributed by atoms with Crippen LogP contribution in [0.25, 0.3) is 0 Å². The summed E-state index contributed by atoms with van der Waals surface area (Å²) in [5, 5.41) is 2.93. The van der Waals surface area contributed by atoms with Gasteiger partial charge in [0.15, 0.2) is 0 Å². The van der Waals surface area contributed by atoms with E-state index in [1.807, 2.05) is 13.8 Å². The average Bonchev–Trinajstić information content (AvgIpc) is 2.53. The predicted octanol–water partition coefficient (Wildman–Crippen LogP) is 2.48. The van der Waals surface area contributed by atoms with Gasteiger partial charge in [0.25, 0.3) is 0 Å². The molecule has 0 aromatic heterocycles. The SMILES string of the molecule is CC(=O)N1CCC[C@H](C(=O)NCC(C)(C)c2ccccc2F)C1. The Balaban J connectivity index is 1.96. The molecule has 0 unspecified atom stereocenters. The summed E-state index contributed by atoms with van der Waals surface area (Å²) in [6.07, 6.45) is 1.63. The molecule has 0 saturated carbocycles. The number of carbonyl (C=O) groups excluding carboxylic acids is 2. The van der Waals surface area contributed by atoms with Gasteiger partial charge in [-0.2, -0.15) is 0 Å². The van der Waals surface area contributed by atoms with Crippen LogP contribution >= 0.6 is 0 Å². The highest BCUT2D eigenvalue weighted by atomic mass is 19.1. The molecule has 0 spiro atoms. The number of hydrogen-bond acceptors (Lipinski definition) is 2. The van der Waals surface area contributed by atoms with E-state index in [2.05, 4.69) is 5.32 Å². The third-order valence-electron chi connectivity index (χ3n) is 4.55. The van der Waals surface area contributed by atoms with Crippen LogP contribution in [0.3, 0.4) is 0 Å². The van der Waals surface area contributed by atoms with Gasteiger partial charge in [-0.15, -0.1) is 0 Å². The summed E-state index contributed by atoms with van der Waals surface area (Å²) in [6, 6.07) is 6.64. The van der Waals surface area contributed by atoms with E-state index in [4.69, 9.17) is 0 Å². The molecule has 1 aromatic rings. The van der Waals surface area contributed by atoms with Crippen LogP contribution in [0.5, 0.6) is 0 Å². The Morgan fingerprint density at radius 1 is 1.35 bits per heavy atom. The van der Waals surface area contributed by atoms with E-state index in [1.54, 1.807) is 23.1 Å². The second kappa shape index (κ2) is 7.11. The van der Waals surface area contributed by atoms with Crippen molar-refractivity contribution >= 4 is 11.8 Å². The molecule has 1 aliphatic rings. The maximum atomic E-state index is 13.9. The zero-order valence-corrected chi connectivity index (χ0v) is 14.1. The summed E-state index contributed by atoms with van der Waals surface area (Å²) in [4.78, 5) is 25.6. The number of carbonyl (C=O) groups is 2. The first-order valence-corrected chi connectivity index (χ1v) is 8.09. The minimum atomic E-state index is -0.490. The number of nitrogens with one attached hydrogen (secondary N) is 1. The molecule has 5 heteroatoms. The second-order valence-electron chi connectivity index (χ2n) is 6.89. The number of piperidine rings is 1. The largest absolute Gasteiger partial charge is 0.355 e. The van der Waals surface area contributed by atoms with Crippen LogP contribution in [0, 0.1) is 11.7 Å². The van der Waals surface area contributed by atoms with Gasteiger partial charge in [-0.05, 0) is 24.5 Å². The maximum Gasteiger partial charge on any atom is 0.224 e. The fourth-order valence-corrected chi connectivity index (χ4v) is 3.03. The number of halogens is 1. The molecular weight excluding hydrogens is 295 g/mol. The highest BCUT2D eigenvalue weighted by molar-refractivity contribution is 5.80. The van der Waals surface area contributed by atoms with E-state index < -0.39 is 5.41 Å². The quantitative estimate of drug-likeness (QED) is 0.926.